The van der Waals surface area contributed by atoms with Crippen molar-refractivity contribution in [2.75, 3.05) is 0 Å². The van der Waals surface area contributed by atoms with Gasteiger partial charge in [0.2, 0.25) is 0 Å². The first kappa shape index (κ1) is 11.7. The highest BCUT2D eigenvalue weighted by molar-refractivity contribution is 7.13. The summed E-state index contributed by atoms with van der Waals surface area (Å²) >= 11 is 1.84. The van der Waals surface area contributed by atoms with Crippen LogP contribution in [0.5, 0.6) is 0 Å². The molecule has 0 saturated heterocycles. The second kappa shape index (κ2) is 4.69. The fourth-order valence-corrected chi connectivity index (χ4v) is 3.63. The maximum absolute atomic E-state index is 4.87. The molecular weight excluding hydrogens is 238 g/mol. The van der Waals surface area contributed by atoms with Crippen molar-refractivity contribution in [3.05, 3.63) is 40.2 Å². The second-order valence-electron chi connectivity index (χ2n) is 4.98. The number of nitrogens with zero attached hydrogens (tertiary/aromatic N) is 1. The molecule has 0 bridgehead atoms. The summed E-state index contributed by atoms with van der Waals surface area (Å²) in [6.07, 6.45) is 3.66. The van der Waals surface area contributed by atoms with Crippen LogP contribution in [0, 0.1) is 0 Å². The maximum Gasteiger partial charge on any atom is 0.124 e. The van der Waals surface area contributed by atoms with Gasteiger partial charge in [-0.15, -0.1) is 11.3 Å². The van der Waals surface area contributed by atoms with E-state index in [1.807, 2.05) is 11.3 Å². The van der Waals surface area contributed by atoms with Gasteiger partial charge in [-0.05, 0) is 38.7 Å². The van der Waals surface area contributed by atoms with E-state index < -0.39 is 0 Å². The van der Waals surface area contributed by atoms with Crippen LogP contribution in [-0.2, 0) is 0 Å². The van der Waals surface area contributed by atoms with E-state index in [9.17, 15) is 0 Å². The highest BCUT2D eigenvalue weighted by atomic mass is 32.1. The lowest BCUT2D eigenvalue weighted by molar-refractivity contribution is 0.885. The molecule has 2 aromatic rings. The Bertz CT molecular complexity index is 640. The Kier molecular flexibility index (Phi) is 3.04. The molecule has 0 atom stereocenters. The quantitative estimate of drug-likeness (QED) is 0.761. The fourth-order valence-electron chi connectivity index (χ4n) is 2.45. The maximum atomic E-state index is 4.87. The van der Waals surface area contributed by atoms with Crippen LogP contribution in [0.3, 0.4) is 0 Å². The third-order valence-electron chi connectivity index (χ3n) is 3.54. The molecule has 0 saturated carbocycles. The first-order chi connectivity index (χ1) is 8.75. The number of rotatable bonds is 1. The van der Waals surface area contributed by atoms with E-state index >= 15 is 0 Å². The lowest BCUT2D eigenvalue weighted by Gasteiger charge is -1.97. The van der Waals surface area contributed by atoms with Gasteiger partial charge in [0.1, 0.15) is 5.01 Å². The predicted octanol–water partition coefficient (Wildman–Crippen LogP) is 3.34. The van der Waals surface area contributed by atoms with Crippen molar-refractivity contribution >= 4 is 22.5 Å². The molecule has 1 aliphatic carbocycles. The van der Waals surface area contributed by atoms with Crippen LogP contribution in [0.25, 0.3) is 21.7 Å². The zero-order valence-electron chi connectivity index (χ0n) is 10.9. The molecule has 0 N–H and O–H groups in total. The molecule has 0 aliphatic heterocycles. The molecule has 1 aromatic carbocycles. The molecule has 1 aromatic heterocycles. The zero-order valence-corrected chi connectivity index (χ0v) is 11.7. The van der Waals surface area contributed by atoms with Gasteiger partial charge in [0.25, 0.3) is 0 Å². The summed E-state index contributed by atoms with van der Waals surface area (Å²) < 4.78 is 1.41. The third kappa shape index (κ3) is 2.01. The Hall–Kier alpha value is -1.41. The molecule has 18 heavy (non-hydrogen) atoms. The Morgan fingerprint density at radius 2 is 1.72 bits per heavy atom. The lowest BCUT2D eigenvalue weighted by Crippen LogP contribution is -2.24. The normalized spacial score (nSPS) is 15.4. The second-order valence-corrected chi connectivity index (χ2v) is 5.98. The van der Waals surface area contributed by atoms with Crippen molar-refractivity contribution in [2.45, 2.75) is 33.1 Å². The predicted molar refractivity (Wildman–Crippen MR) is 78.8 cm³/mol. The molecule has 2 heteroatoms. The number of hydrogen-bond acceptors (Lipinski definition) is 2. The van der Waals surface area contributed by atoms with Crippen LogP contribution in [0.15, 0.2) is 30.3 Å². The van der Waals surface area contributed by atoms with Gasteiger partial charge < -0.3 is 0 Å². The van der Waals surface area contributed by atoms with Gasteiger partial charge in [-0.2, -0.15) is 0 Å². The summed E-state index contributed by atoms with van der Waals surface area (Å²) in [5.74, 6) is 0. The van der Waals surface area contributed by atoms with Crippen LogP contribution in [0.2, 0.25) is 0 Å². The van der Waals surface area contributed by atoms with Gasteiger partial charge in [0.15, 0.2) is 0 Å². The largest absolute Gasteiger partial charge is 0.236 e. The van der Waals surface area contributed by atoms with Gasteiger partial charge in [0, 0.05) is 5.56 Å². The van der Waals surface area contributed by atoms with Gasteiger partial charge in [-0.1, -0.05) is 35.9 Å². The highest BCUT2D eigenvalue weighted by Gasteiger charge is 2.10. The average molecular weight is 255 g/mol. The fraction of sp³-hybridized carbons (Fsp3) is 0.312. The Morgan fingerprint density at radius 3 is 2.50 bits per heavy atom. The van der Waals surface area contributed by atoms with Crippen molar-refractivity contribution in [3.63, 3.8) is 0 Å². The first-order valence-corrected chi connectivity index (χ1v) is 7.29. The van der Waals surface area contributed by atoms with Crippen molar-refractivity contribution in [2.24, 2.45) is 0 Å². The molecule has 3 rings (SSSR count). The van der Waals surface area contributed by atoms with Crippen molar-refractivity contribution in [1.29, 1.82) is 0 Å². The number of benzene rings is 1. The highest BCUT2D eigenvalue weighted by Crippen LogP contribution is 2.20. The van der Waals surface area contributed by atoms with Crippen LogP contribution in [0.1, 0.15) is 33.1 Å². The molecular formula is C16H17NS. The number of thiazole rings is 1. The standard InChI is InChI=1S/C16H17NS/c1-11-7-6-8-12(2)15-14(11)17-16(18-15)13-9-4-3-5-10-13/h3-5,9-10H,6-8H2,1-2H3. The van der Waals surface area contributed by atoms with Gasteiger partial charge in [-0.25, -0.2) is 4.98 Å². The van der Waals surface area contributed by atoms with E-state index in [2.05, 4.69) is 44.2 Å². The Morgan fingerprint density at radius 1 is 1.00 bits per heavy atom. The smallest absolute Gasteiger partial charge is 0.124 e. The van der Waals surface area contributed by atoms with E-state index in [0.717, 1.165) is 5.01 Å². The average Bonchev–Trinajstić information content (AvgIpc) is 2.80. The Labute approximate surface area is 112 Å². The van der Waals surface area contributed by atoms with Gasteiger partial charge >= 0.3 is 0 Å². The minimum absolute atomic E-state index is 1.15. The van der Waals surface area contributed by atoms with Gasteiger partial charge in [-0.3, -0.25) is 0 Å². The summed E-state index contributed by atoms with van der Waals surface area (Å²) in [5, 5.41) is 2.40. The third-order valence-corrected chi connectivity index (χ3v) is 4.81. The number of fused-ring (bicyclic) bond motifs is 1. The molecule has 0 radical (unpaired) electrons. The summed E-state index contributed by atoms with van der Waals surface area (Å²) in [6, 6.07) is 10.5. The van der Waals surface area contributed by atoms with E-state index in [-0.39, 0.29) is 0 Å². The molecule has 1 heterocycles. The van der Waals surface area contributed by atoms with Crippen LogP contribution >= 0.6 is 11.3 Å². The summed E-state index contributed by atoms with van der Waals surface area (Å²) in [7, 11) is 0. The molecule has 92 valence electrons. The number of hydrogen-bond donors (Lipinski definition) is 0. The molecule has 0 fully saturated rings. The van der Waals surface area contributed by atoms with E-state index in [1.165, 1.54) is 45.9 Å². The summed E-state index contributed by atoms with van der Waals surface area (Å²) in [6.45, 7) is 4.48. The molecule has 0 spiro atoms. The lowest BCUT2D eigenvalue weighted by atomic mass is 10.1. The summed E-state index contributed by atoms with van der Waals surface area (Å²) in [5.41, 5.74) is 4.18. The van der Waals surface area contributed by atoms with Crippen molar-refractivity contribution in [1.82, 2.24) is 4.98 Å². The van der Waals surface area contributed by atoms with E-state index in [1.54, 1.807) is 0 Å². The molecule has 1 nitrogen and oxygen atoms in total. The molecule has 1 aliphatic rings. The Balaban J connectivity index is 2.28. The van der Waals surface area contributed by atoms with Crippen molar-refractivity contribution in [3.8, 4) is 10.6 Å². The monoisotopic (exact) mass is 255 g/mol. The van der Waals surface area contributed by atoms with Crippen LogP contribution < -0.4 is 9.88 Å². The van der Waals surface area contributed by atoms with E-state index in [4.69, 9.17) is 4.98 Å². The first-order valence-electron chi connectivity index (χ1n) is 6.47. The van der Waals surface area contributed by atoms with Crippen LogP contribution in [0.4, 0.5) is 0 Å². The topological polar surface area (TPSA) is 12.9 Å². The molecule has 0 amide bonds. The zero-order chi connectivity index (χ0) is 12.5. The van der Waals surface area contributed by atoms with E-state index in [0.29, 0.717) is 0 Å². The van der Waals surface area contributed by atoms with Gasteiger partial charge in [0.05, 0.1) is 9.88 Å². The van der Waals surface area contributed by atoms with Crippen LogP contribution in [-0.4, -0.2) is 4.98 Å². The summed E-state index contributed by atoms with van der Waals surface area (Å²) in [4.78, 5) is 4.87. The molecule has 0 unspecified atom stereocenters. The SMILES string of the molecule is CC1=c2nc(-c3ccccc3)sc2=C(C)CCC1. The number of aromatic nitrogens is 1. The minimum atomic E-state index is 1.15. The van der Waals surface area contributed by atoms with Crippen molar-refractivity contribution < 1.29 is 0 Å². The minimum Gasteiger partial charge on any atom is -0.236 e.